The van der Waals surface area contributed by atoms with E-state index in [0.29, 0.717) is 10.8 Å². The van der Waals surface area contributed by atoms with Crippen LogP contribution in [-0.4, -0.2) is 42.0 Å². The van der Waals surface area contributed by atoms with Gasteiger partial charge in [0, 0.05) is 34.3 Å². The first kappa shape index (κ1) is 25.1. The number of hydrogen-bond acceptors (Lipinski definition) is 5. The summed E-state index contributed by atoms with van der Waals surface area (Å²) in [6.07, 6.45) is -5.76. The number of carbonyl (C=O) groups excluding carboxylic acids is 2. The van der Waals surface area contributed by atoms with Crippen LogP contribution in [0.25, 0.3) is 0 Å². The van der Waals surface area contributed by atoms with Gasteiger partial charge in [0.25, 0.3) is 5.91 Å². The third-order valence-electron chi connectivity index (χ3n) is 6.02. The van der Waals surface area contributed by atoms with Gasteiger partial charge in [0.15, 0.2) is 17.2 Å². The Balaban J connectivity index is 2.08. The number of hydrogen-bond donors (Lipinski definition) is 3. The number of pyridine rings is 1. The minimum absolute atomic E-state index is 0.0861. The van der Waals surface area contributed by atoms with E-state index in [0.717, 1.165) is 38.4 Å². The van der Waals surface area contributed by atoms with E-state index in [1.165, 1.54) is 6.92 Å². The molecule has 1 saturated heterocycles. The maximum Gasteiger partial charge on any atom is 0.417 e. The molecule has 184 valence electrons. The van der Waals surface area contributed by atoms with Crippen molar-refractivity contribution in [3.63, 3.8) is 0 Å². The molecule has 4 atom stereocenters. The summed E-state index contributed by atoms with van der Waals surface area (Å²) in [5.74, 6) is -8.30. The summed E-state index contributed by atoms with van der Waals surface area (Å²) < 4.78 is 80.5. The van der Waals surface area contributed by atoms with Crippen LogP contribution in [0.15, 0.2) is 30.5 Å². The second-order valence-electron chi connectivity index (χ2n) is 7.94. The van der Waals surface area contributed by atoms with Gasteiger partial charge in [-0.05, 0) is 13.0 Å². The Kier molecular flexibility index (Phi) is 6.44. The molecule has 1 aromatic carbocycles. The van der Waals surface area contributed by atoms with Gasteiger partial charge in [-0.1, -0.05) is 13.0 Å². The third-order valence-corrected chi connectivity index (χ3v) is 6.02. The van der Waals surface area contributed by atoms with Gasteiger partial charge in [-0.3, -0.25) is 14.8 Å². The standard InChI is InChI=1S/C21H20F5N3O5/c1-9-14(11-4-5-12(22)15(23)16(11)33-3)17(34-20(9,2)21(24,25)26)19(31)28-10-6-7-29(32)13(8-10)18(27)30/h4-9,14,17,32H,1-3H3,(H2,27,30)/p+1/t9-,14-,17+,20+/m1/s1. The molecule has 3 rings (SSSR count). The van der Waals surface area contributed by atoms with Crippen molar-refractivity contribution in [2.75, 3.05) is 12.4 Å². The van der Waals surface area contributed by atoms with Crippen LogP contribution in [0.4, 0.5) is 27.6 Å². The first-order chi connectivity index (χ1) is 15.7. The number of halogens is 5. The Labute approximate surface area is 190 Å². The fourth-order valence-corrected chi connectivity index (χ4v) is 4.01. The lowest BCUT2D eigenvalue weighted by Gasteiger charge is -2.32. The summed E-state index contributed by atoms with van der Waals surface area (Å²) in [5, 5.41) is 11.9. The molecule has 34 heavy (non-hydrogen) atoms. The molecule has 1 aliphatic heterocycles. The van der Waals surface area contributed by atoms with Crippen molar-refractivity contribution in [2.24, 2.45) is 11.7 Å². The Hall–Kier alpha value is -3.48. The smallest absolute Gasteiger partial charge is 0.417 e. The predicted octanol–water partition coefficient (Wildman–Crippen LogP) is 2.68. The number of anilines is 1. The second kappa shape index (κ2) is 8.70. The van der Waals surface area contributed by atoms with Gasteiger partial charge in [0.2, 0.25) is 12.0 Å². The van der Waals surface area contributed by atoms with Crippen molar-refractivity contribution in [1.29, 1.82) is 0 Å². The van der Waals surface area contributed by atoms with Crippen LogP contribution >= 0.6 is 0 Å². The average Bonchev–Trinajstić information content (AvgIpc) is 3.03. The van der Waals surface area contributed by atoms with E-state index in [4.69, 9.17) is 15.2 Å². The van der Waals surface area contributed by atoms with Crippen LogP contribution in [0.3, 0.4) is 0 Å². The molecule has 4 N–H and O–H groups in total. The van der Waals surface area contributed by atoms with Gasteiger partial charge in [0.05, 0.1) is 12.8 Å². The van der Waals surface area contributed by atoms with Gasteiger partial charge in [-0.2, -0.15) is 17.6 Å². The molecule has 0 spiro atoms. The molecule has 1 aliphatic rings. The van der Waals surface area contributed by atoms with Crippen LogP contribution in [0, 0.1) is 17.6 Å². The monoisotopic (exact) mass is 490 g/mol. The number of nitrogens with zero attached hydrogens (tertiary/aromatic N) is 1. The zero-order valence-electron chi connectivity index (χ0n) is 18.1. The summed E-state index contributed by atoms with van der Waals surface area (Å²) in [7, 11) is 1.01. The summed E-state index contributed by atoms with van der Waals surface area (Å²) in [5.41, 5.74) is 1.61. The van der Waals surface area contributed by atoms with Gasteiger partial charge >= 0.3 is 17.8 Å². The van der Waals surface area contributed by atoms with Crippen molar-refractivity contribution < 1.29 is 51.0 Å². The molecule has 1 aromatic heterocycles. The van der Waals surface area contributed by atoms with Crippen molar-refractivity contribution >= 4 is 17.5 Å². The number of methoxy groups -OCH3 is 1. The lowest BCUT2D eigenvalue weighted by molar-refractivity contribution is -0.905. The summed E-state index contributed by atoms with van der Waals surface area (Å²) in [6.45, 7) is 1.93. The zero-order chi connectivity index (χ0) is 25.6. The molecule has 0 saturated carbocycles. The van der Waals surface area contributed by atoms with Crippen molar-refractivity contribution in [3.8, 4) is 5.75 Å². The molecular weight excluding hydrogens is 469 g/mol. The SMILES string of the molecule is COc1c([C@@H]2[C@@H](C(=O)Nc3cc[n+](O)c(C(N)=O)c3)O[C@](C)(C(F)(F)F)[C@@H]2C)ccc(F)c1F. The normalized spacial score (nSPS) is 24.6. The zero-order valence-corrected chi connectivity index (χ0v) is 18.1. The fourth-order valence-electron chi connectivity index (χ4n) is 4.01. The number of rotatable bonds is 5. The highest BCUT2D eigenvalue weighted by Gasteiger charge is 2.65. The van der Waals surface area contributed by atoms with Gasteiger partial charge in [-0.25, -0.2) is 4.39 Å². The number of primary amides is 1. The molecule has 0 aliphatic carbocycles. The Morgan fingerprint density at radius 3 is 2.47 bits per heavy atom. The highest BCUT2D eigenvalue weighted by atomic mass is 19.4. The van der Waals surface area contributed by atoms with E-state index in [9.17, 15) is 36.7 Å². The Morgan fingerprint density at radius 1 is 1.26 bits per heavy atom. The van der Waals surface area contributed by atoms with Gasteiger partial charge < -0.3 is 20.5 Å². The fraction of sp³-hybridized carbons (Fsp3) is 0.381. The van der Waals surface area contributed by atoms with Crippen LogP contribution in [0.5, 0.6) is 5.75 Å². The summed E-state index contributed by atoms with van der Waals surface area (Å²) in [4.78, 5) is 24.5. The van der Waals surface area contributed by atoms with Crippen LogP contribution in [0.2, 0.25) is 0 Å². The maximum absolute atomic E-state index is 14.4. The molecule has 2 aromatic rings. The number of alkyl halides is 3. The first-order valence-corrected chi connectivity index (χ1v) is 9.85. The minimum Gasteiger partial charge on any atom is -0.493 e. The molecule has 2 heterocycles. The number of aromatic nitrogens is 1. The third kappa shape index (κ3) is 4.11. The van der Waals surface area contributed by atoms with E-state index in [1.807, 2.05) is 0 Å². The summed E-state index contributed by atoms with van der Waals surface area (Å²) >= 11 is 0. The minimum atomic E-state index is -4.92. The van der Waals surface area contributed by atoms with Crippen LogP contribution in [0.1, 0.15) is 35.8 Å². The largest absolute Gasteiger partial charge is 0.493 e. The molecule has 2 amide bonds. The van der Waals surface area contributed by atoms with Crippen molar-refractivity contribution in [1.82, 2.24) is 0 Å². The Bertz CT molecular complexity index is 1140. The lowest BCUT2D eigenvalue weighted by atomic mass is 9.77. The molecule has 0 unspecified atom stereocenters. The average molecular weight is 490 g/mol. The number of benzene rings is 1. The maximum atomic E-state index is 14.4. The van der Waals surface area contributed by atoms with Crippen LogP contribution in [-0.2, 0) is 9.53 Å². The quantitative estimate of drug-likeness (QED) is 0.339. The summed E-state index contributed by atoms with van der Waals surface area (Å²) in [6, 6.07) is 3.90. The van der Waals surface area contributed by atoms with Crippen LogP contribution < -0.4 is 20.5 Å². The van der Waals surface area contributed by atoms with Gasteiger partial charge in [0.1, 0.15) is 6.10 Å². The topological polar surface area (TPSA) is 115 Å². The first-order valence-electron chi connectivity index (χ1n) is 9.85. The molecular formula is C21H21F5N3O5+. The molecule has 8 nitrogen and oxygen atoms in total. The van der Waals surface area contributed by atoms with E-state index >= 15 is 0 Å². The second-order valence-corrected chi connectivity index (χ2v) is 7.94. The van der Waals surface area contributed by atoms with Crippen molar-refractivity contribution in [3.05, 3.63) is 53.4 Å². The van der Waals surface area contributed by atoms with E-state index in [-0.39, 0.29) is 11.3 Å². The number of nitrogens with two attached hydrogens (primary N) is 1. The molecule has 1 fully saturated rings. The highest BCUT2D eigenvalue weighted by Crippen LogP contribution is 2.54. The number of ether oxygens (including phenoxy) is 2. The number of amides is 2. The molecule has 0 bridgehead atoms. The molecule has 0 radical (unpaired) electrons. The van der Waals surface area contributed by atoms with Gasteiger partial charge in [-0.15, -0.1) is 0 Å². The number of carbonyl (C=O) groups is 2. The molecule has 13 heteroatoms. The van der Waals surface area contributed by atoms with E-state index < -0.39 is 64.6 Å². The number of nitrogens with one attached hydrogen (secondary N) is 1. The van der Waals surface area contributed by atoms with E-state index in [1.54, 1.807) is 0 Å². The predicted molar refractivity (Wildman–Crippen MR) is 105 cm³/mol. The Morgan fingerprint density at radius 2 is 1.91 bits per heavy atom. The van der Waals surface area contributed by atoms with Crippen molar-refractivity contribution in [2.45, 2.75) is 37.6 Å². The highest BCUT2D eigenvalue weighted by molar-refractivity contribution is 5.97. The van der Waals surface area contributed by atoms with E-state index in [2.05, 4.69) is 5.32 Å². The lowest BCUT2D eigenvalue weighted by Crippen LogP contribution is -2.47.